The second-order valence-corrected chi connectivity index (χ2v) is 10.7. The van der Waals surface area contributed by atoms with Gasteiger partial charge in [0, 0.05) is 18.3 Å². The van der Waals surface area contributed by atoms with Gasteiger partial charge in [-0.3, -0.25) is 0 Å². The molecule has 0 amide bonds. The van der Waals surface area contributed by atoms with E-state index in [0.717, 1.165) is 17.8 Å². The van der Waals surface area contributed by atoms with Gasteiger partial charge in [-0.1, -0.05) is 51.9 Å². The van der Waals surface area contributed by atoms with Crippen molar-refractivity contribution < 1.29 is 22.6 Å². The van der Waals surface area contributed by atoms with Crippen LogP contribution in [0.25, 0.3) is 0 Å². The first-order chi connectivity index (χ1) is 14.9. The highest BCUT2D eigenvalue weighted by Crippen LogP contribution is 2.43. The summed E-state index contributed by atoms with van der Waals surface area (Å²) in [5.41, 5.74) is 0. The first kappa shape index (κ1) is 25.3. The molecule has 1 heterocycles. The molecule has 0 N–H and O–H groups in total. The minimum Gasteiger partial charge on any atom is -0.352 e. The van der Waals surface area contributed by atoms with Gasteiger partial charge in [0.1, 0.15) is 0 Å². The maximum absolute atomic E-state index is 12.3. The van der Waals surface area contributed by atoms with Crippen molar-refractivity contribution in [3.63, 3.8) is 0 Å². The molecule has 2 saturated carbocycles. The highest BCUT2D eigenvalue weighted by atomic mass is 19.4. The van der Waals surface area contributed by atoms with Gasteiger partial charge in [0.15, 0.2) is 6.29 Å². The molecule has 0 radical (unpaired) electrons. The number of hydrogen-bond acceptors (Lipinski definition) is 2. The topological polar surface area (TPSA) is 18.5 Å². The molecule has 1 saturated heterocycles. The largest absolute Gasteiger partial charge is 0.389 e. The zero-order valence-electron chi connectivity index (χ0n) is 19.6. The van der Waals surface area contributed by atoms with E-state index in [1.54, 1.807) is 0 Å². The molecule has 2 nitrogen and oxygen atoms in total. The highest BCUT2D eigenvalue weighted by molar-refractivity contribution is 4.83. The lowest BCUT2D eigenvalue weighted by Crippen LogP contribution is -2.39. The van der Waals surface area contributed by atoms with E-state index in [2.05, 4.69) is 6.92 Å². The van der Waals surface area contributed by atoms with Gasteiger partial charge >= 0.3 is 6.18 Å². The summed E-state index contributed by atoms with van der Waals surface area (Å²) in [6.45, 7) is 3.40. The minimum absolute atomic E-state index is 0.118. The van der Waals surface area contributed by atoms with Crippen molar-refractivity contribution in [2.75, 3.05) is 13.2 Å². The monoisotopic (exact) mass is 446 g/mol. The van der Waals surface area contributed by atoms with Crippen molar-refractivity contribution in [2.45, 2.75) is 122 Å². The number of ether oxygens (including phenoxy) is 2. The molecule has 31 heavy (non-hydrogen) atoms. The van der Waals surface area contributed by atoms with E-state index in [0.29, 0.717) is 25.6 Å². The molecular formula is C26H45F3O2. The molecule has 0 aromatic heterocycles. The SMILES string of the molecule is CCCCCC[C@H]1CC[C@H]([C@H]2CC[C@H]([C@H]3OC[C@H](CCCC(F)(F)F)CO3)CC2)CC1. The maximum Gasteiger partial charge on any atom is 0.389 e. The van der Waals surface area contributed by atoms with Crippen molar-refractivity contribution in [1.29, 1.82) is 0 Å². The van der Waals surface area contributed by atoms with Gasteiger partial charge in [0.25, 0.3) is 0 Å². The molecule has 0 unspecified atom stereocenters. The zero-order valence-corrected chi connectivity index (χ0v) is 19.6. The van der Waals surface area contributed by atoms with Gasteiger partial charge in [0.05, 0.1) is 13.2 Å². The summed E-state index contributed by atoms with van der Waals surface area (Å²) in [4.78, 5) is 0. The second-order valence-electron chi connectivity index (χ2n) is 10.7. The first-order valence-corrected chi connectivity index (χ1v) is 13.2. The van der Waals surface area contributed by atoms with E-state index in [4.69, 9.17) is 9.47 Å². The molecule has 0 aromatic carbocycles. The summed E-state index contributed by atoms with van der Waals surface area (Å²) in [6, 6.07) is 0. The minimum atomic E-state index is -4.05. The Kier molecular flexibility index (Phi) is 10.5. The van der Waals surface area contributed by atoms with Gasteiger partial charge in [0.2, 0.25) is 0 Å². The number of halogens is 3. The van der Waals surface area contributed by atoms with Crippen LogP contribution in [0.1, 0.15) is 110 Å². The summed E-state index contributed by atoms with van der Waals surface area (Å²) >= 11 is 0. The molecule has 0 spiro atoms. The van der Waals surface area contributed by atoms with Crippen LogP contribution in [-0.2, 0) is 9.47 Å². The average molecular weight is 447 g/mol. The molecule has 182 valence electrons. The smallest absolute Gasteiger partial charge is 0.352 e. The van der Waals surface area contributed by atoms with Gasteiger partial charge < -0.3 is 9.47 Å². The third kappa shape index (κ3) is 8.87. The van der Waals surface area contributed by atoms with Crippen molar-refractivity contribution in [3.05, 3.63) is 0 Å². The summed E-state index contributed by atoms with van der Waals surface area (Å²) in [6.07, 6.45) is 13.6. The fourth-order valence-electron chi connectivity index (χ4n) is 6.28. The van der Waals surface area contributed by atoms with E-state index in [1.807, 2.05) is 0 Å². The Labute approximate surface area is 188 Å². The third-order valence-corrected chi connectivity index (χ3v) is 8.29. The van der Waals surface area contributed by atoms with E-state index in [9.17, 15) is 13.2 Å². The normalized spacial score (nSPS) is 35.2. The average Bonchev–Trinajstić information content (AvgIpc) is 2.77. The van der Waals surface area contributed by atoms with Crippen LogP contribution in [0.4, 0.5) is 13.2 Å². The Hall–Kier alpha value is -0.290. The predicted octanol–water partition coefficient (Wildman–Crippen LogP) is 8.29. The van der Waals surface area contributed by atoms with Crippen LogP contribution in [-0.4, -0.2) is 25.7 Å². The van der Waals surface area contributed by atoms with Crippen LogP contribution >= 0.6 is 0 Å². The number of alkyl halides is 3. The fraction of sp³-hybridized carbons (Fsp3) is 1.00. The van der Waals surface area contributed by atoms with Crippen LogP contribution in [0.15, 0.2) is 0 Å². The zero-order chi connectivity index (χ0) is 22.1. The van der Waals surface area contributed by atoms with Gasteiger partial charge in [-0.15, -0.1) is 0 Å². The summed E-state index contributed by atoms with van der Waals surface area (Å²) in [7, 11) is 0. The summed E-state index contributed by atoms with van der Waals surface area (Å²) in [5, 5.41) is 0. The van der Waals surface area contributed by atoms with Crippen molar-refractivity contribution in [2.24, 2.45) is 29.6 Å². The van der Waals surface area contributed by atoms with Crippen LogP contribution in [0.5, 0.6) is 0 Å². The lowest BCUT2D eigenvalue weighted by atomic mass is 9.68. The molecule has 3 aliphatic rings. The van der Waals surface area contributed by atoms with Crippen LogP contribution in [0.2, 0.25) is 0 Å². The Balaban J connectivity index is 1.27. The Morgan fingerprint density at radius 2 is 1.19 bits per heavy atom. The lowest BCUT2D eigenvalue weighted by molar-refractivity contribution is -0.231. The van der Waals surface area contributed by atoms with E-state index >= 15 is 0 Å². The van der Waals surface area contributed by atoms with Crippen LogP contribution in [0.3, 0.4) is 0 Å². The third-order valence-electron chi connectivity index (χ3n) is 8.29. The number of rotatable bonds is 10. The van der Waals surface area contributed by atoms with Crippen molar-refractivity contribution in [3.8, 4) is 0 Å². The van der Waals surface area contributed by atoms with Crippen molar-refractivity contribution in [1.82, 2.24) is 0 Å². The Morgan fingerprint density at radius 3 is 1.77 bits per heavy atom. The van der Waals surface area contributed by atoms with E-state index in [1.165, 1.54) is 83.5 Å². The molecule has 0 atom stereocenters. The van der Waals surface area contributed by atoms with E-state index < -0.39 is 12.6 Å². The molecule has 5 heteroatoms. The first-order valence-electron chi connectivity index (χ1n) is 13.2. The van der Waals surface area contributed by atoms with Crippen molar-refractivity contribution >= 4 is 0 Å². The Bertz CT molecular complexity index is 472. The second kappa shape index (κ2) is 12.8. The predicted molar refractivity (Wildman–Crippen MR) is 119 cm³/mol. The van der Waals surface area contributed by atoms with Crippen LogP contribution in [0, 0.1) is 29.6 Å². The van der Waals surface area contributed by atoms with Crippen LogP contribution < -0.4 is 0 Å². The standard InChI is InChI=1S/C26H45F3O2/c1-2-3-4-5-7-20-9-11-22(12-10-20)23-13-15-24(16-14-23)25-30-18-21(19-31-25)8-6-17-26(27,28)29/h20-25H,2-19H2,1H3/t20-,21-,22-,23-,24-,25-. The highest BCUT2D eigenvalue weighted by Gasteiger charge is 2.36. The molecule has 3 rings (SSSR count). The molecule has 3 fully saturated rings. The fourth-order valence-corrected chi connectivity index (χ4v) is 6.28. The lowest BCUT2D eigenvalue weighted by Gasteiger charge is -2.41. The molecule has 1 aliphatic heterocycles. The van der Waals surface area contributed by atoms with E-state index in [-0.39, 0.29) is 18.6 Å². The van der Waals surface area contributed by atoms with Gasteiger partial charge in [-0.05, 0) is 69.1 Å². The summed E-state index contributed by atoms with van der Waals surface area (Å²) < 4.78 is 48.9. The maximum atomic E-state index is 12.3. The molecular weight excluding hydrogens is 401 g/mol. The molecule has 2 aliphatic carbocycles. The molecule has 0 aromatic rings. The molecule has 0 bridgehead atoms. The number of hydrogen-bond donors (Lipinski definition) is 0. The Morgan fingerprint density at radius 1 is 0.645 bits per heavy atom. The van der Waals surface area contributed by atoms with Gasteiger partial charge in [-0.25, -0.2) is 0 Å². The summed E-state index contributed by atoms with van der Waals surface area (Å²) in [5.74, 6) is 3.39. The quantitative estimate of drug-likeness (QED) is 0.314. The number of unbranched alkanes of at least 4 members (excludes halogenated alkanes) is 3. The van der Waals surface area contributed by atoms with Gasteiger partial charge in [-0.2, -0.15) is 13.2 Å².